The SMILES string of the molecule is COC(=O)CSc1cc(C)nc(-c2cccc(Cl)c2)n1. The highest BCUT2D eigenvalue weighted by molar-refractivity contribution is 7.99. The van der Waals surface area contributed by atoms with Crippen molar-refractivity contribution in [1.29, 1.82) is 0 Å². The normalized spacial score (nSPS) is 10.3. The second-order valence-electron chi connectivity index (χ2n) is 4.05. The lowest BCUT2D eigenvalue weighted by Crippen LogP contribution is -2.04. The van der Waals surface area contributed by atoms with Gasteiger partial charge in [0.25, 0.3) is 0 Å². The van der Waals surface area contributed by atoms with Crippen molar-refractivity contribution >= 4 is 29.3 Å². The standard InChI is InChI=1S/C14H13ClN2O2S/c1-9-6-12(20-8-13(18)19-2)17-14(16-9)10-4-3-5-11(15)7-10/h3-7H,8H2,1-2H3. The van der Waals surface area contributed by atoms with E-state index in [0.29, 0.717) is 10.8 Å². The number of hydrogen-bond donors (Lipinski definition) is 0. The first-order chi connectivity index (χ1) is 9.58. The van der Waals surface area contributed by atoms with Crippen molar-refractivity contribution in [2.75, 3.05) is 12.9 Å². The van der Waals surface area contributed by atoms with Gasteiger partial charge in [0.15, 0.2) is 5.82 Å². The van der Waals surface area contributed by atoms with Crippen LogP contribution in [0.4, 0.5) is 0 Å². The molecule has 2 rings (SSSR count). The van der Waals surface area contributed by atoms with Gasteiger partial charge in [0.1, 0.15) is 5.03 Å². The number of halogens is 1. The lowest BCUT2D eigenvalue weighted by atomic mass is 10.2. The molecule has 0 atom stereocenters. The van der Waals surface area contributed by atoms with Gasteiger partial charge in [0, 0.05) is 16.3 Å². The Labute approximate surface area is 126 Å². The predicted molar refractivity (Wildman–Crippen MR) is 80.0 cm³/mol. The number of rotatable bonds is 4. The number of esters is 1. The molecule has 1 heterocycles. The van der Waals surface area contributed by atoms with Crippen LogP contribution in [-0.4, -0.2) is 28.8 Å². The largest absolute Gasteiger partial charge is 0.468 e. The van der Waals surface area contributed by atoms with Gasteiger partial charge in [-0.25, -0.2) is 9.97 Å². The molecule has 1 aromatic carbocycles. The van der Waals surface area contributed by atoms with Crippen molar-refractivity contribution < 1.29 is 9.53 Å². The van der Waals surface area contributed by atoms with Gasteiger partial charge in [0.2, 0.25) is 0 Å². The zero-order valence-electron chi connectivity index (χ0n) is 11.1. The van der Waals surface area contributed by atoms with E-state index >= 15 is 0 Å². The summed E-state index contributed by atoms with van der Waals surface area (Å²) in [6, 6.07) is 9.19. The summed E-state index contributed by atoms with van der Waals surface area (Å²) in [7, 11) is 1.37. The smallest absolute Gasteiger partial charge is 0.316 e. The Hall–Kier alpha value is -1.59. The molecule has 6 heteroatoms. The van der Waals surface area contributed by atoms with Gasteiger partial charge in [-0.3, -0.25) is 4.79 Å². The molecular weight excluding hydrogens is 296 g/mol. The van der Waals surface area contributed by atoms with Crippen LogP contribution in [0, 0.1) is 6.92 Å². The molecule has 1 aromatic heterocycles. The maximum absolute atomic E-state index is 11.2. The number of hydrogen-bond acceptors (Lipinski definition) is 5. The molecule has 2 aromatic rings. The minimum atomic E-state index is -0.282. The molecule has 0 unspecified atom stereocenters. The van der Waals surface area contributed by atoms with Crippen molar-refractivity contribution in [3.63, 3.8) is 0 Å². The number of thioether (sulfide) groups is 1. The summed E-state index contributed by atoms with van der Waals surface area (Å²) < 4.78 is 4.61. The monoisotopic (exact) mass is 308 g/mol. The molecule has 20 heavy (non-hydrogen) atoms. The Balaban J connectivity index is 2.26. The molecule has 0 aliphatic carbocycles. The van der Waals surface area contributed by atoms with Crippen molar-refractivity contribution in [3.05, 3.63) is 41.0 Å². The van der Waals surface area contributed by atoms with Gasteiger partial charge in [-0.15, -0.1) is 0 Å². The van der Waals surface area contributed by atoms with Crippen LogP contribution in [-0.2, 0) is 9.53 Å². The van der Waals surface area contributed by atoms with Crippen LogP contribution in [0.25, 0.3) is 11.4 Å². The third-order valence-electron chi connectivity index (χ3n) is 2.48. The Bertz CT molecular complexity index is 634. The molecule has 0 spiro atoms. The molecule has 0 aliphatic heterocycles. The van der Waals surface area contributed by atoms with Gasteiger partial charge >= 0.3 is 5.97 Å². The van der Waals surface area contributed by atoms with E-state index in [1.165, 1.54) is 18.9 Å². The van der Waals surface area contributed by atoms with Crippen LogP contribution in [0.5, 0.6) is 0 Å². The van der Waals surface area contributed by atoms with E-state index in [-0.39, 0.29) is 11.7 Å². The molecule has 0 aliphatic rings. The number of aryl methyl sites for hydroxylation is 1. The third-order valence-corrected chi connectivity index (χ3v) is 3.60. The summed E-state index contributed by atoms with van der Waals surface area (Å²) in [6.07, 6.45) is 0. The zero-order chi connectivity index (χ0) is 14.5. The number of methoxy groups -OCH3 is 1. The maximum Gasteiger partial charge on any atom is 0.316 e. The Kier molecular flexibility index (Phi) is 4.98. The molecule has 0 fully saturated rings. The summed E-state index contributed by atoms with van der Waals surface area (Å²) in [5.41, 5.74) is 1.68. The Morgan fingerprint density at radius 3 is 2.85 bits per heavy atom. The van der Waals surface area contributed by atoms with Crippen LogP contribution in [0.3, 0.4) is 0 Å². The fourth-order valence-corrected chi connectivity index (χ4v) is 2.54. The minimum absolute atomic E-state index is 0.224. The van der Waals surface area contributed by atoms with E-state index in [1.54, 1.807) is 6.07 Å². The van der Waals surface area contributed by atoms with E-state index in [9.17, 15) is 4.79 Å². The van der Waals surface area contributed by atoms with Gasteiger partial charge in [0.05, 0.1) is 12.9 Å². The average molecular weight is 309 g/mol. The second-order valence-corrected chi connectivity index (χ2v) is 5.48. The summed E-state index contributed by atoms with van der Waals surface area (Å²) in [6.45, 7) is 1.89. The van der Waals surface area contributed by atoms with E-state index in [1.807, 2.05) is 31.2 Å². The minimum Gasteiger partial charge on any atom is -0.468 e. The van der Waals surface area contributed by atoms with E-state index in [2.05, 4.69) is 14.7 Å². The molecule has 0 radical (unpaired) electrons. The third kappa shape index (κ3) is 3.95. The molecule has 0 N–H and O–H groups in total. The van der Waals surface area contributed by atoms with Gasteiger partial charge in [-0.05, 0) is 25.1 Å². The predicted octanol–water partition coefficient (Wildman–Crippen LogP) is 3.37. The van der Waals surface area contributed by atoms with Crippen LogP contribution < -0.4 is 0 Å². The van der Waals surface area contributed by atoms with E-state index in [4.69, 9.17) is 11.6 Å². The average Bonchev–Trinajstić information content (AvgIpc) is 2.44. The number of aromatic nitrogens is 2. The number of ether oxygens (including phenoxy) is 1. The topological polar surface area (TPSA) is 52.1 Å². The molecule has 0 saturated carbocycles. The summed E-state index contributed by atoms with van der Waals surface area (Å²) in [4.78, 5) is 20.0. The van der Waals surface area contributed by atoms with Crippen molar-refractivity contribution in [2.24, 2.45) is 0 Å². The summed E-state index contributed by atoms with van der Waals surface area (Å²) in [5.74, 6) is 0.539. The Morgan fingerprint density at radius 1 is 1.35 bits per heavy atom. The molecule has 0 amide bonds. The van der Waals surface area contributed by atoms with Gasteiger partial charge in [-0.1, -0.05) is 35.5 Å². The summed E-state index contributed by atoms with van der Waals surface area (Å²) >= 11 is 7.30. The molecule has 104 valence electrons. The van der Waals surface area contributed by atoms with Crippen LogP contribution in [0.2, 0.25) is 5.02 Å². The van der Waals surface area contributed by atoms with Crippen molar-refractivity contribution in [2.45, 2.75) is 11.9 Å². The molecule has 0 bridgehead atoms. The fraction of sp³-hybridized carbons (Fsp3) is 0.214. The first-order valence-electron chi connectivity index (χ1n) is 5.89. The van der Waals surface area contributed by atoms with Crippen LogP contribution in [0.15, 0.2) is 35.4 Å². The maximum atomic E-state index is 11.2. The van der Waals surface area contributed by atoms with E-state index < -0.39 is 0 Å². The van der Waals surface area contributed by atoms with Crippen molar-refractivity contribution in [3.8, 4) is 11.4 Å². The van der Waals surface area contributed by atoms with Crippen molar-refractivity contribution in [1.82, 2.24) is 9.97 Å². The second kappa shape index (κ2) is 6.72. The highest BCUT2D eigenvalue weighted by Crippen LogP contribution is 2.23. The Morgan fingerprint density at radius 2 is 2.15 bits per heavy atom. The molecule has 4 nitrogen and oxygen atoms in total. The molecule has 0 saturated heterocycles. The summed E-state index contributed by atoms with van der Waals surface area (Å²) in [5, 5.41) is 1.37. The molecular formula is C14H13ClN2O2S. The lowest BCUT2D eigenvalue weighted by molar-refractivity contribution is -0.137. The van der Waals surface area contributed by atoms with E-state index in [0.717, 1.165) is 16.3 Å². The number of benzene rings is 1. The number of nitrogens with zero attached hydrogens (tertiary/aromatic N) is 2. The number of carbonyl (C=O) groups excluding carboxylic acids is 1. The van der Waals surface area contributed by atoms with Crippen LogP contribution >= 0.6 is 23.4 Å². The first kappa shape index (κ1) is 14.8. The first-order valence-corrected chi connectivity index (χ1v) is 7.26. The highest BCUT2D eigenvalue weighted by atomic mass is 35.5. The quantitative estimate of drug-likeness (QED) is 0.492. The van der Waals surface area contributed by atoms with Gasteiger partial charge < -0.3 is 4.74 Å². The fourth-order valence-electron chi connectivity index (χ4n) is 1.56. The highest BCUT2D eigenvalue weighted by Gasteiger charge is 2.08. The van der Waals surface area contributed by atoms with Gasteiger partial charge in [-0.2, -0.15) is 0 Å². The van der Waals surface area contributed by atoms with Crippen LogP contribution in [0.1, 0.15) is 5.69 Å². The lowest BCUT2D eigenvalue weighted by Gasteiger charge is -2.06. The zero-order valence-corrected chi connectivity index (χ0v) is 12.7. The number of carbonyl (C=O) groups is 1.